The van der Waals surface area contributed by atoms with Gasteiger partial charge in [0.05, 0.1) is 5.39 Å². The first kappa shape index (κ1) is 14.6. The Bertz CT molecular complexity index is 1090. The van der Waals surface area contributed by atoms with Crippen LogP contribution in [-0.2, 0) is 0 Å². The first-order chi connectivity index (χ1) is 12.3. The van der Waals surface area contributed by atoms with E-state index < -0.39 is 0 Å². The molecule has 2 aromatic heterocycles. The van der Waals surface area contributed by atoms with Gasteiger partial charge in [-0.2, -0.15) is 13.8 Å². The zero-order valence-electron chi connectivity index (χ0n) is 14.2. The van der Waals surface area contributed by atoms with E-state index in [1.807, 2.05) is 40.9 Å². The first-order valence-electron chi connectivity index (χ1n) is 9.21. The van der Waals surface area contributed by atoms with Gasteiger partial charge in [0, 0.05) is 11.3 Å². The number of benzene rings is 2. The van der Waals surface area contributed by atoms with E-state index in [2.05, 4.69) is 24.3 Å². The van der Waals surface area contributed by atoms with Crippen molar-refractivity contribution in [2.45, 2.75) is 38.0 Å². The van der Waals surface area contributed by atoms with Crippen LogP contribution in [0.15, 0.2) is 65.6 Å². The monoisotopic (exact) mass is 329 g/mol. The molecular formula is C22H21N2O+. The number of hydrogen-bond acceptors (Lipinski definition) is 1. The number of para-hydroxylation sites is 2. The minimum absolute atomic E-state index is 0.0421. The van der Waals surface area contributed by atoms with Crippen molar-refractivity contribution in [3.63, 3.8) is 0 Å². The molecule has 25 heavy (non-hydrogen) atoms. The average Bonchev–Trinajstić information content (AvgIpc) is 3.07. The molecule has 0 spiro atoms. The van der Waals surface area contributed by atoms with E-state index in [0.717, 1.165) is 16.6 Å². The number of nitrogens with zero attached hydrogens (tertiary/aromatic N) is 2. The zero-order valence-corrected chi connectivity index (χ0v) is 14.2. The molecule has 0 radical (unpaired) electrons. The van der Waals surface area contributed by atoms with Gasteiger partial charge in [0.2, 0.25) is 0 Å². The lowest BCUT2D eigenvalue weighted by Crippen LogP contribution is -2.50. The van der Waals surface area contributed by atoms with Gasteiger partial charge in [-0.25, -0.2) is 0 Å². The maximum Gasteiger partial charge on any atom is 0.508 e. The quantitative estimate of drug-likeness (QED) is 0.506. The van der Waals surface area contributed by atoms with E-state index in [1.165, 1.54) is 43.2 Å². The van der Waals surface area contributed by atoms with E-state index in [9.17, 15) is 4.79 Å². The lowest BCUT2D eigenvalue weighted by molar-refractivity contribution is -0.614. The molecule has 0 N–H and O–H groups in total. The van der Waals surface area contributed by atoms with Crippen molar-refractivity contribution < 1.29 is 4.57 Å². The van der Waals surface area contributed by atoms with Gasteiger partial charge in [-0.1, -0.05) is 49.6 Å². The number of rotatable bonds is 2. The fourth-order valence-corrected chi connectivity index (χ4v) is 4.39. The minimum atomic E-state index is 0.0421. The Hall–Kier alpha value is -2.68. The molecule has 0 saturated heterocycles. The highest BCUT2D eigenvalue weighted by atomic mass is 16.1. The molecule has 0 aliphatic heterocycles. The molecule has 1 aliphatic rings. The first-order valence-corrected chi connectivity index (χ1v) is 9.21. The van der Waals surface area contributed by atoms with Crippen LogP contribution in [0.25, 0.3) is 22.0 Å². The van der Waals surface area contributed by atoms with Gasteiger partial charge in [0.15, 0.2) is 5.52 Å². The molecule has 2 heterocycles. The highest BCUT2D eigenvalue weighted by molar-refractivity contribution is 5.96. The van der Waals surface area contributed by atoms with E-state index in [1.54, 1.807) is 4.57 Å². The van der Waals surface area contributed by atoms with Crippen LogP contribution in [0.2, 0.25) is 0 Å². The van der Waals surface area contributed by atoms with Gasteiger partial charge in [0.25, 0.3) is 0 Å². The van der Waals surface area contributed by atoms with Crippen molar-refractivity contribution in [2.24, 2.45) is 0 Å². The van der Waals surface area contributed by atoms with Crippen molar-refractivity contribution in [2.75, 3.05) is 0 Å². The summed E-state index contributed by atoms with van der Waals surface area (Å²) >= 11 is 0. The Morgan fingerprint density at radius 2 is 1.64 bits per heavy atom. The standard InChI is InChI=1S/C22H21N2O/c25-22-23(19-12-5-2-6-13-19)15-18-11-7-10-17-14-20(24(22)21(17)18)16-8-3-1-4-9-16/h2,5-7,10-16H,1,3-4,8-9H2/q+1. The summed E-state index contributed by atoms with van der Waals surface area (Å²) in [6.07, 6.45) is 8.20. The van der Waals surface area contributed by atoms with Gasteiger partial charge in [-0.15, -0.1) is 0 Å². The van der Waals surface area contributed by atoms with Crippen molar-refractivity contribution >= 4 is 16.3 Å². The third-order valence-electron chi connectivity index (χ3n) is 5.61. The van der Waals surface area contributed by atoms with Gasteiger partial charge in [-0.05, 0) is 37.1 Å². The smallest absolute Gasteiger partial charge is 0.196 e. The molecule has 0 unspecified atom stereocenters. The molecule has 5 rings (SSSR count). The summed E-state index contributed by atoms with van der Waals surface area (Å²) in [7, 11) is 0. The molecule has 1 fully saturated rings. The summed E-state index contributed by atoms with van der Waals surface area (Å²) in [6, 6.07) is 18.5. The SMILES string of the molecule is O=c1n2c(C3CCCCC3)cc3cccc(c[n+]1-c1ccccc1)c32. The molecule has 2 aromatic carbocycles. The molecule has 0 amide bonds. The van der Waals surface area contributed by atoms with E-state index in [0.29, 0.717) is 5.92 Å². The molecule has 0 atom stereocenters. The topological polar surface area (TPSA) is 25.4 Å². The lowest BCUT2D eigenvalue weighted by atomic mass is 9.87. The van der Waals surface area contributed by atoms with Crippen LogP contribution in [0, 0.1) is 0 Å². The van der Waals surface area contributed by atoms with Gasteiger partial charge in [0.1, 0.15) is 17.6 Å². The largest absolute Gasteiger partial charge is 0.508 e. The Morgan fingerprint density at radius 3 is 2.44 bits per heavy atom. The second kappa shape index (κ2) is 5.69. The van der Waals surface area contributed by atoms with Gasteiger partial charge < -0.3 is 0 Å². The molecule has 4 aromatic rings. The second-order valence-electron chi connectivity index (χ2n) is 7.14. The maximum atomic E-state index is 13.4. The van der Waals surface area contributed by atoms with Crippen LogP contribution in [0.3, 0.4) is 0 Å². The van der Waals surface area contributed by atoms with Crippen molar-refractivity contribution in [3.8, 4) is 5.69 Å². The van der Waals surface area contributed by atoms with Crippen molar-refractivity contribution in [1.82, 2.24) is 4.40 Å². The van der Waals surface area contributed by atoms with Crippen LogP contribution >= 0.6 is 0 Å². The number of aromatic nitrogens is 2. The van der Waals surface area contributed by atoms with Crippen molar-refractivity contribution in [1.29, 1.82) is 0 Å². The van der Waals surface area contributed by atoms with Crippen LogP contribution < -0.4 is 10.3 Å². The minimum Gasteiger partial charge on any atom is -0.196 e. The summed E-state index contributed by atoms with van der Waals surface area (Å²) in [4.78, 5) is 13.4. The Kier molecular flexibility index (Phi) is 3.34. The predicted molar refractivity (Wildman–Crippen MR) is 99.7 cm³/mol. The summed E-state index contributed by atoms with van der Waals surface area (Å²) in [5.41, 5.74) is 3.22. The van der Waals surface area contributed by atoms with Gasteiger partial charge in [-0.3, -0.25) is 0 Å². The summed E-state index contributed by atoms with van der Waals surface area (Å²) in [5, 5.41) is 2.29. The van der Waals surface area contributed by atoms with E-state index in [-0.39, 0.29) is 5.69 Å². The highest BCUT2D eigenvalue weighted by Crippen LogP contribution is 2.35. The Balaban J connectivity index is 1.85. The Labute approximate surface area is 146 Å². The average molecular weight is 329 g/mol. The van der Waals surface area contributed by atoms with Crippen LogP contribution in [0.4, 0.5) is 0 Å². The number of hydrogen-bond donors (Lipinski definition) is 0. The molecule has 3 nitrogen and oxygen atoms in total. The van der Waals surface area contributed by atoms with Crippen LogP contribution in [0.1, 0.15) is 43.7 Å². The van der Waals surface area contributed by atoms with E-state index in [4.69, 9.17) is 0 Å². The fraction of sp³-hybridized carbons (Fsp3) is 0.273. The predicted octanol–water partition coefficient (Wildman–Crippen LogP) is 4.21. The van der Waals surface area contributed by atoms with E-state index >= 15 is 0 Å². The molecule has 3 heteroatoms. The van der Waals surface area contributed by atoms with Crippen LogP contribution in [-0.4, -0.2) is 4.40 Å². The fourth-order valence-electron chi connectivity index (χ4n) is 4.39. The summed E-state index contributed by atoms with van der Waals surface area (Å²) < 4.78 is 3.77. The third-order valence-corrected chi connectivity index (χ3v) is 5.61. The van der Waals surface area contributed by atoms with Gasteiger partial charge >= 0.3 is 5.69 Å². The second-order valence-corrected chi connectivity index (χ2v) is 7.14. The summed E-state index contributed by atoms with van der Waals surface area (Å²) in [6.45, 7) is 0. The molecule has 1 aliphatic carbocycles. The van der Waals surface area contributed by atoms with Crippen LogP contribution in [0.5, 0.6) is 0 Å². The third kappa shape index (κ3) is 2.26. The Morgan fingerprint density at radius 1 is 0.880 bits per heavy atom. The molecular weight excluding hydrogens is 308 g/mol. The van der Waals surface area contributed by atoms with Crippen molar-refractivity contribution in [3.05, 3.63) is 77.0 Å². The maximum absolute atomic E-state index is 13.4. The normalized spacial score (nSPS) is 16.0. The molecule has 1 saturated carbocycles. The zero-order chi connectivity index (χ0) is 16.8. The molecule has 0 bridgehead atoms. The summed E-state index contributed by atoms with van der Waals surface area (Å²) in [5.74, 6) is 0.494. The highest BCUT2D eigenvalue weighted by Gasteiger charge is 2.28. The lowest BCUT2D eigenvalue weighted by Gasteiger charge is -2.19. The molecule has 124 valence electrons.